The molecule has 0 unspecified atom stereocenters. The minimum absolute atomic E-state index is 0.0178. The van der Waals surface area contributed by atoms with Crippen molar-refractivity contribution in [2.24, 2.45) is 0 Å². The van der Waals surface area contributed by atoms with Gasteiger partial charge < -0.3 is 19.7 Å². The Bertz CT molecular complexity index is 401. The van der Waals surface area contributed by atoms with Crippen LogP contribution in [0.5, 0.6) is 0 Å². The zero-order chi connectivity index (χ0) is 14.3. The van der Waals surface area contributed by atoms with Gasteiger partial charge in [0.25, 0.3) is 5.91 Å². The van der Waals surface area contributed by atoms with E-state index in [4.69, 9.17) is 14.4 Å². The van der Waals surface area contributed by atoms with Gasteiger partial charge in [0.05, 0.1) is 18.9 Å². The van der Waals surface area contributed by atoms with Crippen LogP contribution in [0.1, 0.15) is 48.0 Å². The molecule has 19 heavy (non-hydrogen) atoms. The number of carbonyl (C=O) groups is 1. The van der Waals surface area contributed by atoms with Gasteiger partial charge in [0.1, 0.15) is 5.56 Å². The Balaban J connectivity index is 2.43. The molecule has 0 aliphatic heterocycles. The van der Waals surface area contributed by atoms with Crippen LogP contribution >= 0.6 is 0 Å². The van der Waals surface area contributed by atoms with Gasteiger partial charge in [0, 0.05) is 19.1 Å². The van der Waals surface area contributed by atoms with Crippen molar-refractivity contribution in [1.29, 1.82) is 0 Å². The summed E-state index contributed by atoms with van der Waals surface area (Å²) in [5, 5.41) is 15.2. The highest BCUT2D eigenvalue weighted by Gasteiger charge is 2.21. The van der Waals surface area contributed by atoms with E-state index in [9.17, 15) is 4.79 Å². The Morgan fingerprint density at radius 2 is 2.21 bits per heavy atom. The zero-order valence-electron chi connectivity index (χ0n) is 11.7. The highest BCUT2D eigenvalue weighted by atomic mass is 16.5. The minimum atomic E-state index is -0.162. The Morgan fingerprint density at radius 1 is 1.47 bits per heavy atom. The average Bonchev–Trinajstić information content (AvgIpc) is 2.75. The first-order chi connectivity index (χ1) is 9.07. The van der Waals surface area contributed by atoms with Crippen LogP contribution in [0.2, 0.25) is 0 Å². The highest BCUT2D eigenvalue weighted by molar-refractivity contribution is 5.96. The Morgan fingerprint density at radius 3 is 2.84 bits per heavy atom. The van der Waals surface area contributed by atoms with Crippen molar-refractivity contribution < 1.29 is 19.2 Å². The van der Waals surface area contributed by atoms with E-state index in [0.717, 1.165) is 0 Å². The minimum Gasteiger partial charge on any atom is -0.394 e. The first kappa shape index (κ1) is 15.7. The second-order valence-corrected chi connectivity index (χ2v) is 4.61. The summed E-state index contributed by atoms with van der Waals surface area (Å²) in [5.41, 5.74) is 1.14. The SMILES string of the molecule is Cc1noc(C(C)C)c1C(=O)NCCCOCCO. The molecule has 2 N–H and O–H groups in total. The van der Waals surface area contributed by atoms with Crippen LogP contribution in [0, 0.1) is 6.92 Å². The van der Waals surface area contributed by atoms with Gasteiger partial charge in [0.2, 0.25) is 0 Å². The second-order valence-electron chi connectivity index (χ2n) is 4.61. The lowest BCUT2D eigenvalue weighted by atomic mass is 10.0. The van der Waals surface area contributed by atoms with E-state index in [1.165, 1.54) is 0 Å². The summed E-state index contributed by atoms with van der Waals surface area (Å²) in [6, 6.07) is 0. The standard InChI is InChI=1S/C13H22N2O4/c1-9(2)12-11(10(3)15-19-12)13(17)14-5-4-7-18-8-6-16/h9,16H,4-8H2,1-3H3,(H,14,17). The number of aryl methyl sites for hydroxylation is 1. The molecule has 0 saturated carbocycles. The molecule has 0 fully saturated rings. The van der Waals surface area contributed by atoms with Crippen LogP contribution in [-0.2, 0) is 4.74 Å². The summed E-state index contributed by atoms with van der Waals surface area (Å²) in [4.78, 5) is 12.0. The van der Waals surface area contributed by atoms with Crippen LogP contribution < -0.4 is 5.32 Å². The van der Waals surface area contributed by atoms with Crippen molar-refractivity contribution in [3.05, 3.63) is 17.0 Å². The fourth-order valence-electron chi connectivity index (χ4n) is 1.69. The van der Waals surface area contributed by atoms with E-state index in [0.29, 0.717) is 43.2 Å². The van der Waals surface area contributed by atoms with Crippen LogP contribution in [0.3, 0.4) is 0 Å². The van der Waals surface area contributed by atoms with Gasteiger partial charge in [-0.15, -0.1) is 0 Å². The van der Waals surface area contributed by atoms with Crippen molar-refractivity contribution in [2.45, 2.75) is 33.1 Å². The predicted molar refractivity (Wildman–Crippen MR) is 70.2 cm³/mol. The number of rotatable bonds is 8. The highest BCUT2D eigenvalue weighted by Crippen LogP contribution is 2.21. The number of nitrogens with zero attached hydrogens (tertiary/aromatic N) is 1. The average molecular weight is 270 g/mol. The zero-order valence-corrected chi connectivity index (χ0v) is 11.7. The van der Waals surface area contributed by atoms with Gasteiger partial charge in [-0.25, -0.2) is 0 Å². The van der Waals surface area contributed by atoms with Gasteiger partial charge in [0.15, 0.2) is 5.76 Å². The number of aliphatic hydroxyl groups is 1. The van der Waals surface area contributed by atoms with Crippen molar-refractivity contribution >= 4 is 5.91 Å². The Labute approximate surface area is 113 Å². The Kier molecular flexibility index (Phi) is 6.52. The third-order valence-corrected chi connectivity index (χ3v) is 2.63. The number of hydrogen-bond donors (Lipinski definition) is 2. The molecule has 6 nitrogen and oxygen atoms in total. The molecule has 1 aromatic rings. The predicted octanol–water partition coefficient (Wildman–Crippen LogP) is 1.24. The largest absolute Gasteiger partial charge is 0.394 e. The summed E-state index contributed by atoms with van der Waals surface area (Å²) < 4.78 is 10.3. The molecule has 1 rings (SSSR count). The molecule has 0 atom stereocenters. The van der Waals surface area contributed by atoms with Gasteiger partial charge in [-0.3, -0.25) is 4.79 Å². The van der Waals surface area contributed by atoms with Crippen LogP contribution in [0.15, 0.2) is 4.52 Å². The molecule has 0 radical (unpaired) electrons. The van der Waals surface area contributed by atoms with Gasteiger partial charge in [-0.05, 0) is 13.3 Å². The molecule has 6 heteroatoms. The molecule has 1 aromatic heterocycles. The van der Waals surface area contributed by atoms with E-state index in [-0.39, 0.29) is 18.4 Å². The molecule has 0 aliphatic carbocycles. The lowest BCUT2D eigenvalue weighted by molar-refractivity contribution is 0.0866. The first-order valence-electron chi connectivity index (χ1n) is 6.50. The van der Waals surface area contributed by atoms with E-state index >= 15 is 0 Å². The quantitative estimate of drug-likeness (QED) is 0.694. The first-order valence-corrected chi connectivity index (χ1v) is 6.50. The molecular weight excluding hydrogens is 248 g/mol. The molecule has 0 saturated heterocycles. The van der Waals surface area contributed by atoms with Gasteiger partial charge >= 0.3 is 0 Å². The van der Waals surface area contributed by atoms with Crippen LogP contribution in [-0.4, -0.2) is 42.5 Å². The van der Waals surface area contributed by atoms with Crippen molar-refractivity contribution in [2.75, 3.05) is 26.4 Å². The maximum atomic E-state index is 12.0. The number of amides is 1. The van der Waals surface area contributed by atoms with E-state index in [1.807, 2.05) is 13.8 Å². The summed E-state index contributed by atoms with van der Waals surface area (Å²) in [6.07, 6.45) is 0.701. The summed E-state index contributed by atoms with van der Waals surface area (Å²) in [6.45, 7) is 7.06. The number of aliphatic hydroxyl groups excluding tert-OH is 1. The molecule has 0 aromatic carbocycles. The van der Waals surface area contributed by atoms with Crippen molar-refractivity contribution in [3.8, 4) is 0 Å². The molecule has 1 amide bonds. The number of carbonyl (C=O) groups excluding carboxylic acids is 1. The van der Waals surface area contributed by atoms with E-state index < -0.39 is 0 Å². The lowest BCUT2D eigenvalue weighted by Crippen LogP contribution is -2.26. The molecule has 0 spiro atoms. The third-order valence-electron chi connectivity index (χ3n) is 2.63. The number of hydrogen-bond acceptors (Lipinski definition) is 5. The fraction of sp³-hybridized carbons (Fsp3) is 0.692. The normalized spacial score (nSPS) is 11.0. The smallest absolute Gasteiger partial charge is 0.256 e. The monoisotopic (exact) mass is 270 g/mol. The van der Waals surface area contributed by atoms with E-state index in [2.05, 4.69) is 10.5 Å². The van der Waals surface area contributed by atoms with Crippen molar-refractivity contribution in [3.63, 3.8) is 0 Å². The summed E-state index contributed by atoms with van der Waals surface area (Å²) in [5.74, 6) is 0.575. The summed E-state index contributed by atoms with van der Waals surface area (Å²) >= 11 is 0. The molecular formula is C13H22N2O4. The van der Waals surface area contributed by atoms with Crippen LogP contribution in [0.4, 0.5) is 0 Å². The lowest BCUT2D eigenvalue weighted by Gasteiger charge is -2.07. The number of ether oxygens (including phenoxy) is 1. The molecule has 108 valence electrons. The van der Waals surface area contributed by atoms with Gasteiger partial charge in [-0.1, -0.05) is 19.0 Å². The van der Waals surface area contributed by atoms with Crippen molar-refractivity contribution in [1.82, 2.24) is 10.5 Å². The number of nitrogens with one attached hydrogen (secondary N) is 1. The van der Waals surface area contributed by atoms with Gasteiger partial charge in [-0.2, -0.15) is 0 Å². The summed E-state index contributed by atoms with van der Waals surface area (Å²) in [7, 11) is 0. The fourth-order valence-corrected chi connectivity index (χ4v) is 1.69. The number of aromatic nitrogens is 1. The molecule has 1 heterocycles. The molecule has 0 bridgehead atoms. The van der Waals surface area contributed by atoms with Crippen LogP contribution in [0.25, 0.3) is 0 Å². The maximum absolute atomic E-state index is 12.0. The third kappa shape index (κ3) is 4.65. The molecule has 0 aliphatic rings. The Hall–Kier alpha value is -1.40. The van der Waals surface area contributed by atoms with E-state index in [1.54, 1.807) is 6.92 Å². The maximum Gasteiger partial charge on any atom is 0.256 e. The topological polar surface area (TPSA) is 84.6 Å². The second kappa shape index (κ2) is 7.91.